The molecule has 0 atom stereocenters. The molecule has 0 aliphatic carbocycles. The number of halogens is 3. The van der Waals surface area contributed by atoms with E-state index in [2.05, 4.69) is 15.7 Å². The van der Waals surface area contributed by atoms with E-state index in [1.807, 2.05) is 0 Å². The molecule has 1 aliphatic heterocycles. The highest BCUT2D eigenvalue weighted by atomic mass is 19.4. The van der Waals surface area contributed by atoms with Gasteiger partial charge in [0, 0.05) is 45.2 Å². The van der Waals surface area contributed by atoms with Gasteiger partial charge in [0.15, 0.2) is 5.69 Å². The van der Waals surface area contributed by atoms with E-state index in [-0.39, 0.29) is 37.1 Å². The van der Waals surface area contributed by atoms with Crippen LogP contribution < -0.4 is 10.6 Å². The standard InChI is InChI=1S/C22H26F3N5O3/c1-26-20(32)15-9-12-29(13-10-15)18(31)8-5-11-27-21(33)17-14-30(16-6-3-2-4-7-16)28-19(17)22(23,24)25/h2-4,6-7,14-15H,5,8-13H2,1H3,(H,26,32)(H,27,33). The first kappa shape index (κ1) is 24.3. The number of likely N-dealkylation sites (tertiary alicyclic amines) is 1. The van der Waals surface area contributed by atoms with Crippen molar-refractivity contribution in [2.45, 2.75) is 31.9 Å². The number of carbonyl (C=O) groups is 3. The van der Waals surface area contributed by atoms with Crippen molar-refractivity contribution in [1.82, 2.24) is 25.3 Å². The van der Waals surface area contributed by atoms with Crippen molar-refractivity contribution in [2.24, 2.45) is 5.92 Å². The average molecular weight is 465 g/mol. The summed E-state index contributed by atoms with van der Waals surface area (Å²) < 4.78 is 41.2. The molecule has 1 aromatic heterocycles. The lowest BCUT2D eigenvalue weighted by Gasteiger charge is -2.31. The molecule has 11 heteroatoms. The van der Waals surface area contributed by atoms with Gasteiger partial charge in [0.25, 0.3) is 5.91 Å². The van der Waals surface area contributed by atoms with Crippen LogP contribution in [0.2, 0.25) is 0 Å². The number of amides is 3. The largest absolute Gasteiger partial charge is 0.435 e. The number of alkyl halides is 3. The summed E-state index contributed by atoms with van der Waals surface area (Å²) in [6, 6.07) is 8.19. The fourth-order valence-corrected chi connectivity index (χ4v) is 3.75. The Kier molecular flexibility index (Phi) is 7.72. The molecule has 2 N–H and O–H groups in total. The van der Waals surface area contributed by atoms with Gasteiger partial charge in [-0.1, -0.05) is 18.2 Å². The first-order valence-corrected chi connectivity index (χ1v) is 10.7. The summed E-state index contributed by atoms with van der Waals surface area (Å²) in [7, 11) is 1.58. The lowest BCUT2D eigenvalue weighted by molar-refractivity contribution is -0.141. The number of aromatic nitrogens is 2. The Morgan fingerprint density at radius 3 is 2.39 bits per heavy atom. The lowest BCUT2D eigenvalue weighted by Crippen LogP contribution is -2.42. The van der Waals surface area contributed by atoms with Crippen LogP contribution in [-0.2, 0) is 15.8 Å². The van der Waals surface area contributed by atoms with E-state index < -0.39 is 23.3 Å². The van der Waals surface area contributed by atoms with Gasteiger partial charge in [-0.2, -0.15) is 18.3 Å². The molecule has 0 unspecified atom stereocenters. The molecule has 0 saturated carbocycles. The van der Waals surface area contributed by atoms with Gasteiger partial charge in [0.1, 0.15) is 0 Å². The van der Waals surface area contributed by atoms with Crippen LogP contribution in [0.15, 0.2) is 36.5 Å². The summed E-state index contributed by atoms with van der Waals surface area (Å²) in [4.78, 5) is 38.1. The quantitative estimate of drug-likeness (QED) is 0.614. The molecule has 1 aliphatic rings. The fraction of sp³-hybridized carbons (Fsp3) is 0.455. The Morgan fingerprint density at radius 1 is 1.12 bits per heavy atom. The summed E-state index contributed by atoms with van der Waals surface area (Å²) in [5, 5.41) is 8.61. The highest BCUT2D eigenvalue weighted by Crippen LogP contribution is 2.31. The molecule has 8 nitrogen and oxygen atoms in total. The highest BCUT2D eigenvalue weighted by Gasteiger charge is 2.39. The van der Waals surface area contributed by atoms with Crippen molar-refractivity contribution in [3.8, 4) is 5.69 Å². The molecule has 1 aromatic carbocycles. The number of hydrogen-bond acceptors (Lipinski definition) is 4. The molecule has 178 valence electrons. The van der Waals surface area contributed by atoms with Gasteiger partial charge in [-0.15, -0.1) is 0 Å². The molecule has 1 saturated heterocycles. The first-order chi connectivity index (χ1) is 15.7. The predicted octanol–water partition coefficient (Wildman–Crippen LogP) is 2.39. The van der Waals surface area contributed by atoms with Gasteiger partial charge in [0.2, 0.25) is 11.8 Å². The summed E-state index contributed by atoms with van der Waals surface area (Å²) in [5.41, 5.74) is -1.44. The molecular weight excluding hydrogens is 439 g/mol. The maximum Gasteiger partial charge on any atom is 0.435 e. The average Bonchev–Trinajstić information content (AvgIpc) is 3.28. The van der Waals surface area contributed by atoms with Gasteiger partial charge >= 0.3 is 6.18 Å². The van der Waals surface area contributed by atoms with Crippen LogP contribution in [0, 0.1) is 5.92 Å². The van der Waals surface area contributed by atoms with Crippen molar-refractivity contribution >= 4 is 17.7 Å². The monoisotopic (exact) mass is 465 g/mol. The summed E-state index contributed by atoms with van der Waals surface area (Å²) in [6.45, 7) is 1.01. The zero-order valence-corrected chi connectivity index (χ0v) is 18.2. The van der Waals surface area contributed by atoms with Gasteiger partial charge in [0.05, 0.1) is 11.3 Å². The molecule has 3 rings (SSSR count). The molecule has 33 heavy (non-hydrogen) atoms. The van der Waals surface area contributed by atoms with E-state index in [0.717, 1.165) is 10.9 Å². The van der Waals surface area contributed by atoms with Crippen LogP contribution in [0.25, 0.3) is 5.69 Å². The molecule has 2 aromatic rings. The van der Waals surface area contributed by atoms with Crippen molar-refractivity contribution in [3.63, 3.8) is 0 Å². The van der Waals surface area contributed by atoms with Crippen molar-refractivity contribution in [3.05, 3.63) is 47.8 Å². The molecule has 0 spiro atoms. The Labute approximate surface area is 189 Å². The van der Waals surface area contributed by atoms with E-state index >= 15 is 0 Å². The molecule has 2 heterocycles. The van der Waals surface area contributed by atoms with E-state index in [9.17, 15) is 27.6 Å². The molecular formula is C22H26F3N5O3. The fourth-order valence-electron chi connectivity index (χ4n) is 3.75. The molecule has 3 amide bonds. The zero-order chi connectivity index (χ0) is 24.0. The van der Waals surface area contributed by atoms with Crippen LogP contribution in [0.4, 0.5) is 13.2 Å². The van der Waals surface area contributed by atoms with Crippen molar-refractivity contribution in [1.29, 1.82) is 0 Å². The third-order valence-electron chi connectivity index (χ3n) is 5.57. The smallest absolute Gasteiger partial charge is 0.359 e. The Hall–Kier alpha value is -3.37. The SMILES string of the molecule is CNC(=O)C1CCN(C(=O)CCCNC(=O)c2cn(-c3ccccc3)nc2C(F)(F)F)CC1. The number of piperidine rings is 1. The number of rotatable bonds is 7. The second-order valence-electron chi connectivity index (χ2n) is 7.80. The number of hydrogen-bond donors (Lipinski definition) is 2. The topological polar surface area (TPSA) is 96.3 Å². The van der Waals surface area contributed by atoms with Crippen LogP contribution in [-0.4, -0.2) is 59.1 Å². The maximum absolute atomic E-state index is 13.4. The van der Waals surface area contributed by atoms with E-state index in [0.29, 0.717) is 31.6 Å². The minimum absolute atomic E-state index is 0.0291. The number of carbonyl (C=O) groups excluding carboxylic acids is 3. The van der Waals surface area contributed by atoms with Crippen LogP contribution in [0.5, 0.6) is 0 Å². The highest BCUT2D eigenvalue weighted by molar-refractivity contribution is 5.95. The maximum atomic E-state index is 13.4. The number of para-hydroxylation sites is 1. The molecule has 0 radical (unpaired) electrons. The third-order valence-corrected chi connectivity index (χ3v) is 5.57. The van der Waals surface area contributed by atoms with Crippen molar-refractivity contribution < 1.29 is 27.6 Å². The van der Waals surface area contributed by atoms with Gasteiger partial charge in [-0.3, -0.25) is 14.4 Å². The first-order valence-electron chi connectivity index (χ1n) is 10.7. The van der Waals surface area contributed by atoms with Crippen molar-refractivity contribution in [2.75, 3.05) is 26.7 Å². The third kappa shape index (κ3) is 6.11. The second-order valence-corrected chi connectivity index (χ2v) is 7.80. The Balaban J connectivity index is 1.52. The van der Waals surface area contributed by atoms with E-state index in [4.69, 9.17) is 0 Å². The lowest BCUT2D eigenvalue weighted by atomic mass is 9.96. The minimum Gasteiger partial charge on any atom is -0.359 e. The Morgan fingerprint density at radius 2 is 1.79 bits per heavy atom. The van der Waals surface area contributed by atoms with Crippen LogP contribution in [0.3, 0.4) is 0 Å². The summed E-state index contributed by atoms with van der Waals surface area (Å²) >= 11 is 0. The summed E-state index contributed by atoms with van der Waals surface area (Å²) in [6.07, 6.45) is -2.12. The van der Waals surface area contributed by atoms with Crippen LogP contribution >= 0.6 is 0 Å². The number of nitrogens with zero attached hydrogens (tertiary/aromatic N) is 3. The molecule has 1 fully saturated rings. The van der Waals surface area contributed by atoms with E-state index in [1.54, 1.807) is 42.3 Å². The Bertz CT molecular complexity index is 983. The zero-order valence-electron chi connectivity index (χ0n) is 18.2. The van der Waals surface area contributed by atoms with Gasteiger partial charge in [-0.05, 0) is 31.4 Å². The van der Waals surface area contributed by atoms with E-state index in [1.165, 1.54) is 0 Å². The second kappa shape index (κ2) is 10.5. The number of nitrogens with one attached hydrogen (secondary N) is 2. The van der Waals surface area contributed by atoms with Gasteiger partial charge in [-0.25, -0.2) is 4.68 Å². The molecule has 0 bridgehead atoms. The van der Waals surface area contributed by atoms with Gasteiger partial charge < -0.3 is 15.5 Å². The normalized spacial score (nSPS) is 14.7. The summed E-state index contributed by atoms with van der Waals surface area (Å²) in [5.74, 6) is -1.13. The predicted molar refractivity (Wildman–Crippen MR) is 114 cm³/mol. The number of benzene rings is 1. The minimum atomic E-state index is -4.79. The van der Waals surface area contributed by atoms with Crippen LogP contribution in [0.1, 0.15) is 41.7 Å².